The minimum atomic E-state index is -4.27. The summed E-state index contributed by atoms with van der Waals surface area (Å²) in [6.07, 6.45) is -0.365. The quantitative estimate of drug-likeness (QED) is 0.742. The largest absolute Gasteiger partial charge is 0.416 e. The molecule has 0 aliphatic rings. The molecule has 0 aliphatic heterocycles. The molecular weight excluding hydrogens is 251 g/mol. The van der Waals surface area contributed by atoms with Crippen LogP contribution in [0.15, 0.2) is 24.3 Å². The van der Waals surface area contributed by atoms with Crippen LogP contribution in [-0.2, 0) is 6.18 Å². The summed E-state index contributed by atoms with van der Waals surface area (Å²) >= 11 is 0. The Bertz CT molecular complexity index is 366. The van der Waals surface area contributed by atoms with Crippen molar-refractivity contribution < 1.29 is 13.2 Å². The van der Waals surface area contributed by atoms with Gasteiger partial charge in [-0.1, -0.05) is 38.8 Å². The molecule has 1 rings (SSSR count). The fourth-order valence-electron chi connectivity index (χ4n) is 2.05. The van der Waals surface area contributed by atoms with Crippen molar-refractivity contribution in [3.63, 3.8) is 0 Å². The molecule has 1 unspecified atom stereocenters. The molecule has 0 heterocycles. The monoisotopic (exact) mass is 273 g/mol. The fourth-order valence-corrected chi connectivity index (χ4v) is 2.05. The van der Waals surface area contributed by atoms with Gasteiger partial charge in [0.1, 0.15) is 0 Å². The highest BCUT2D eigenvalue weighted by molar-refractivity contribution is 5.28. The molecule has 1 aromatic carbocycles. The van der Waals surface area contributed by atoms with E-state index in [4.69, 9.17) is 0 Å². The summed E-state index contributed by atoms with van der Waals surface area (Å²) in [4.78, 5) is 0. The second-order valence-corrected chi connectivity index (χ2v) is 4.77. The van der Waals surface area contributed by atoms with Gasteiger partial charge in [-0.05, 0) is 37.1 Å². The van der Waals surface area contributed by atoms with E-state index in [-0.39, 0.29) is 6.04 Å². The maximum Gasteiger partial charge on any atom is 0.416 e. The highest BCUT2D eigenvalue weighted by Gasteiger charge is 2.30. The Morgan fingerprint density at radius 1 is 1.16 bits per heavy atom. The van der Waals surface area contributed by atoms with Gasteiger partial charge in [0.2, 0.25) is 0 Å². The van der Waals surface area contributed by atoms with Crippen molar-refractivity contribution in [3.8, 4) is 0 Å². The van der Waals surface area contributed by atoms with E-state index in [1.165, 1.54) is 12.1 Å². The number of unbranched alkanes of at least 4 members (excludes halogenated alkanes) is 1. The van der Waals surface area contributed by atoms with Crippen molar-refractivity contribution in [2.45, 2.75) is 51.7 Å². The van der Waals surface area contributed by atoms with E-state index in [9.17, 15) is 13.2 Å². The van der Waals surface area contributed by atoms with E-state index >= 15 is 0 Å². The molecule has 0 saturated carbocycles. The van der Waals surface area contributed by atoms with Gasteiger partial charge in [-0.3, -0.25) is 0 Å². The summed E-state index contributed by atoms with van der Waals surface area (Å²) in [5, 5.41) is 3.33. The minimum Gasteiger partial charge on any atom is -0.310 e. The molecule has 0 aromatic heterocycles. The maximum atomic E-state index is 12.7. The van der Waals surface area contributed by atoms with Gasteiger partial charge in [0.15, 0.2) is 0 Å². The molecule has 0 radical (unpaired) electrons. The van der Waals surface area contributed by atoms with Crippen LogP contribution in [0.5, 0.6) is 0 Å². The second kappa shape index (κ2) is 7.53. The summed E-state index contributed by atoms with van der Waals surface area (Å²) in [5.74, 6) is 0. The van der Waals surface area contributed by atoms with Crippen molar-refractivity contribution in [1.29, 1.82) is 0 Å². The predicted molar refractivity (Wildman–Crippen MR) is 72.0 cm³/mol. The Hall–Kier alpha value is -1.03. The van der Waals surface area contributed by atoms with Crippen LogP contribution in [-0.4, -0.2) is 6.54 Å². The lowest BCUT2D eigenvalue weighted by atomic mass is 9.99. The summed E-state index contributed by atoms with van der Waals surface area (Å²) < 4.78 is 38.1. The van der Waals surface area contributed by atoms with E-state index in [0.29, 0.717) is 0 Å². The lowest BCUT2D eigenvalue weighted by Gasteiger charge is -2.20. The minimum absolute atomic E-state index is 0.0159. The molecule has 108 valence electrons. The van der Waals surface area contributed by atoms with Crippen LogP contribution in [0.2, 0.25) is 0 Å². The summed E-state index contributed by atoms with van der Waals surface area (Å²) in [6, 6.07) is 5.67. The summed E-state index contributed by atoms with van der Waals surface area (Å²) in [5.41, 5.74) is 0.168. The second-order valence-electron chi connectivity index (χ2n) is 4.77. The molecule has 1 atom stereocenters. The molecule has 1 N–H and O–H groups in total. The highest BCUT2D eigenvalue weighted by Crippen LogP contribution is 2.31. The lowest BCUT2D eigenvalue weighted by Crippen LogP contribution is -2.22. The zero-order chi connectivity index (χ0) is 14.3. The van der Waals surface area contributed by atoms with Crippen LogP contribution < -0.4 is 5.32 Å². The lowest BCUT2D eigenvalue weighted by molar-refractivity contribution is -0.137. The van der Waals surface area contributed by atoms with E-state index < -0.39 is 11.7 Å². The third-order valence-electron chi connectivity index (χ3n) is 3.10. The van der Waals surface area contributed by atoms with Crippen LogP contribution in [0.4, 0.5) is 13.2 Å². The molecule has 0 spiro atoms. The van der Waals surface area contributed by atoms with E-state index in [2.05, 4.69) is 19.2 Å². The molecule has 1 aromatic rings. The van der Waals surface area contributed by atoms with E-state index in [1.54, 1.807) is 6.07 Å². The Kier molecular flexibility index (Phi) is 6.35. The van der Waals surface area contributed by atoms with Crippen LogP contribution in [0, 0.1) is 0 Å². The molecule has 19 heavy (non-hydrogen) atoms. The first kappa shape index (κ1) is 16.0. The zero-order valence-corrected chi connectivity index (χ0v) is 11.6. The van der Waals surface area contributed by atoms with Crippen LogP contribution in [0.25, 0.3) is 0 Å². The number of hydrogen-bond donors (Lipinski definition) is 1. The summed E-state index contributed by atoms with van der Waals surface area (Å²) in [6.45, 7) is 4.96. The van der Waals surface area contributed by atoms with Gasteiger partial charge in [0, 0.05) is 6.04 Å². The Morgan fingerprint density at radius 3 is 2.47 bits per heavy atom. The Labute approximate surface area is 113 Å². The number of hydrogen-bond acceptors (Lipinski definition) is 1. The SMILES string of the molecule is CCCCC(NCCC)c1cccc(C(F)(F)F)c1. The first-order valence-corrected chi connectivity index (χ1v) is 6.89. The smallest absolute Gasteiger partial charge is 0.310 e. The molecule has 0 bridgehead atoms. The first-order chi connectivity index (χ1) is 8.99. The Balaban J connectivity index is 2.88. The van der Waals surface area contributed by atoms with Gasteiger partial charge in [-0.2, -0.15) is 13.2 Å². The van der Waals surface area contributed by atoms with E-state index in [0.717, 1.165) is 43.9 Å². The zero-order valence-electron chi connectivity index (χ0n) is 11.6. The van der Waals surface area contributed by atoms with Crippen molar-refractivity contribution in [2.24, 2.45) is 0 Å². The molecule has 0 fully saturated rings. The van der Waals surface area contributed by atoms with Crippen LogP contribution in [0.1, 0.15) is 56.7 Å². The van der Waals surface area contributed by atoms with Gasteiger partial charge in [0.05, 0.1) is 5.56 Å². The Morgan fingerprint density at radius 2 is 1.89 bits per heavy atom. The van der Waals surface area contributed by atoms with Crippen LogP contribution >= 0.6 is 0 Å². The molecule has 0 amide bonds. The average molecular weight is 273 g/mol. The molecule has 1 nitrogen and oxygen atoms in total. The molecule has 0 saturated heterocycles. The van der Waals surface area contributed by atoms with Crippen molar-refractivity contribution in [3.05, 3.63) is 35.4 Å². The third-order valence-corrected chi connectivity index (χ3v) is 3.10. The number of benzene rings is 1. The maximum absolute atomic E-state index is 12.7. The standard InChI is InChI=1S/C15H22F3N/c1-3-5-9-14(19-10-4-2)12-7-6-8-13(11-12)15(16,17)18/h6-8,11,14,19H,3-5,9-10H2,1-2H3. The van der Waals surface area contributed by atoms with Crippen LogP contribution in [0.3, 0.4) is 0 Å². The predicted octanol–water partition coefficient (Wildman–Crippen LogP) is 4.94. The molecular formula is C15H22F3N. The first-order valence-electron chi connectivity index (χ1n) is 6.89. The van der Waals surface area contributed by atoms with Crippen molar-refractivity contribution in [2.75, 3.05) is 6.54 Å². The normalized spacial score (nSPS) is 13.5. The molecule has 0 aliphatic carbocycles. The van der Waals surface area contributed by atoms with Gasteiger partial charge < -0.3 is 5.32 Å². The van der Waals surface area contributed by atoms with Gasteiger partial charge in [-0.15, -0.1) is 0 Å². The number of halogens is 3. The number of rotatable bonds is 7. The molecule has 4 heteroatoms. The average Bonchev–Trinajstić information content (AvgIpc) is 2.38. The van der Waals surface area contributed by atoms with Gasteiger partial charge >= 0.3 is 6.18 Å². The van der Waals surface area contributed by atoms with Gasteiger partial charge in [-0.25, -0.2) is 0 Å². The van der Waals surface area contributed by atoms with E-state index in [1.807, 2.05) is 0 Å². The topological polar surface area (TPSA) is 12.0 Å². The third kappa shape index (κ3) is 5.23. The van der Waals surface area contributed by atoms with Crippen molar-refractivity contribution in [1.82, 2.24) is 5.32 Å². The van der Waals surface area contributed by atoms with Gasteiger partial charge in [0.25, 0.3) is 0 Å². The number of alkyl halides is 3. The number of nitrogens with one attached hydrogen (secondary N) is 1. The summed E-state index contributed by atoms with van der Waals surface area (Å²) in [7, 11) is 0. The fraction of sp³-hybridized carbons (Fsp3) is 0.600. The van der Waals surface area contributed by atoms with Crippen molar-refractivity contribution >= 4 is 0 Å². The highest BCUT2D eigenvalue weighted by atomic mass is 19.4.